The van der Waals surface area contributed by atoms with E-state index in [9.17, 15) is 0 Å². The number of hydrogen-bond donors (Lipinski definition) is 1. The Kier molecular flexibility index (Phi) is 4.13. The zero-order valence-electron chi connectivity index (χ0n) is 14.5. The Balaban J connectivity index is 1.53. The summed E-state index contributed by atoms with van der Waals surface area (Å²) in [4.78, 5) is 14.8. The Bertz CT molecular complexity index is 853. The first kappa shape index (κ1) is 15.7. The number of benzene rings is 1. The van der Waals surface area contributed by atoms with Crippen LogP contribution in [0.3, 0.4) is 0 Å². The maximum atomic E-state index is 5.30. The van der Waals surface area contributed by atoms with Crippen molar-refractivity contribution >= 4 is 5.95 Å². The number of hydrogen-bond acceptors (Lipinski definition) is 6. The topological polar surface area (TPSA) is 80.1 Å². The van der Waals surface area contributed by atoms with Gasteiger partial charge in [0, 0.05) is 24.9 Å². The fourth-order valence-corrected chi connectivity index (χ4v) is 3.04. The van der Waals surface area contributed by atoms with Gasteiger partial charge in [0.2, 0.25) is 5.89 Å². The number of methoxy groups -OCH3 is 1. The SMILES string of the molecule is CCCc1nc(N2CCc3nc(-c4ccc(OC)cc4)[nH]c3C2)no1. The lowest BCUT2D eigenvalue weighted by Gasteiger charge is -2.24. The molecular weight excluding hydrogens is 318 g/mol. The van der Waals surface area contributed by atoms with Crippen LogP contribution in [0, 0.1) is 0 Å². The van der Waals surface area contributed by atoms with Crippen LogP contribution in [-0.2, 0) is 19.4 Å². The van der Waals surface area contributed by atoms with Crippen molar-refractivity contribution in [1.29, 1.82) is 0 Å². The summed E-state index contributed by atoms with van der Waals surface area (Å²) < 4.78 is 10.5. The van der Waals surface area contributed by atoms with Crippen LogP contribution in [0.1, 0.15) is 30.6 Å². The van der Waals surface area contributed by atoms with Crippen LogP contribution in [0.2, 0.25) is 0 Å². The molecule has 0 saturated heterocycles. The molecule has 0 saturated carbocycles. The third-order valence-electron chi connectivity index (χ3n) is 4.40. The average molecular weight is 339 g/mol. The van der Waals surface area contributed by atoms with E-state index in [2.05, 4.69) is 26.9 Å². The van der Waals surface area contributed by atoms with Crippen LogP contribution >= 0.6 is 0 Å². The van der Waals surface area contributed by atoms with Crippen molar-refractivity contribution in [2.45, 2.75) is 32.7 Å². The maximum Gasteiger partial charge on any atom is 0.266 e. The van der Waals surface area contributed by atoms with Crippen molar-refractivity contribution in [2.24, 2.45) is 0 Å². The van der Waals surface area contributed by atoms with Gasteiger partial charge in [0.05, 0.1) is 25.0 Å². The molecule has 0 unspecified atom stereocenters. The number of H-pyrrole nitrogens is 1. The van der Waals surface area contributed by atoms with E-state index in [1.54, 1.807) is 7.11 Å². The molecule has 0 fully saturated rings. The highest BCUT2D eigenvalue weighted by atomic mass is 16.5. The number of aryl methyl sites for hydroxylation is 1. The number of aromatic amines is 1. The Labute approximate surface area is 146 Å². The van der Waals surface area contributed by atoms with E-state index in [-0.39, 0.29) is 0 Å². The number of fused-ring (bicyclic) bond motifs is 1. The molecule has 1 aliphatic rings. The summed E-state index contributed by atoms with van der Waals surface area (Å²) in [6, 6.07) is 7.91. The van der Waals surface area contributed by atoms with Crippen LogP contribution in [0.15, 0.2) is 28.8 Å². The van der Waals surface area contributed by atoms with Crippen molar-refractivity contribution in [3.8, 4) is 17.1 Å². The van der Waals surface area contributed by atoms with E-state index < -0.39 is 0 Å². The van der Waals surface area contributed by atoms with Gasteiger partial charge in [-0.05, 0) is 35.8 Å². The number of rotatable bonds is 5. The molecule has 130 valence electrons. The van der Waals surface area contributed by atoms with Gasteiger partial charge in [0.15, 0.2) is 0 Å². The number of imidazole rings is 1. The highest BCUT2D eigenvalue weighted by Crippen LogP contribution is 2.26. The highest BCUT2D eigenvalue weighted by molar-refractivity contribution is 5.57. The van der Waals surface area contributed by atoms with Crippen LogP contribution in [0.25, 0.3) is 11.4 Å². The molecule has 7 heteroatoms. The monoisotopic (exact) mass is 339 g/mol. The Morgan fingerprint density at radius 2 is 2.08 bits per heavy atom. The van der Waals surface area contributed by atoms with Crippen molar-refractivity contribution in [1.82, 2.24) is 20.1 Å². The third kappa shape index (κ3) is 3.09. The molecule has 0 amide bonds. The van der Waals surface area contributed by atoms with Crippen LogP contribution in [0.5, 0.6) is 5.75 Å². The molecule has 2 aromatic heterocycles. The van der Waals surface area contributed by atoms with Gasteiger partial charge >= 0.3 is 0 Å². The fourth-order valence-electron chi connectivity index (χ4n) is 3.04. The molecule has 0 spiro atoms. The molecule has 0 radical (unpaired) electrons. The molecule has 0 atom stereocenters. The summed E-state index contributed by atoms with van der Waals surface area (Å²) in [6.45, 7) is 3.65. The summed E-state index contributed by atoms with van der Waals surface area (Å²) in [5.74, 6) is 3.09. The van der Waals surface area contributed by atoms with E-state index in [1.165, 1.54) is 0 Å². The van der Waals surface area contributed by atoms with E-state index in [0.29, 0.717) is 18.4 Å². The van der Waals surface area contributed by atoms with Gasteiger partial charge in [-0.3, -0.25) is 0 Å². The van der Waals surface area contributed by atoms with E-state index in [4.69, 9.17) is 14.2 Å². The second-order valence-corrected chi connectivity index (χ2v) is 6.15. The third-order valence-corrected chi connectivity index (χ3v) is 4.40. The molecule has 1 aromatic carbocycles. The second-order valence-electron chi connectivity index (χ2n) is 6.15. The van der Waals surface area contributed by atoms with Crippen LogP contribution in [-0.4, -0.2) is 33.8 Å². The minimum atomic E-state index is 0.662. The molecule has 0 bridgehead atoms. The van der Waals surface area contributed by atoms with E-state index in [0.717, 1.165) is 54.3 Å². The molecule has 7 nitrogen and oxygen atoms in total. The van der Waals surface area contributed by atoms with Crippen molar-refractivity contribution in [2.75, 3.05) is 18.6 Å². The lowest BCUT2D eigenvalue weighted by Crippen LogP contribution is -2.31. The molecular formula is C18H21N5O2. The van der Waals surface area contributed by atoms with E-state index >= 15 is 0 Å². The first-order chi connectivity index (χ1) is 12.3. The maximum absolute atomic E-state index is 5.30. The lowest BCUT2D eigenvalue weighted by atomic mass is 10.1. The zero-order valence-corrected chi connectivity index (χ0v) is 14.5. The van der Waals surface area contributed by atoms with Gasteiger partial charge in [-0.1, -0.05) is 6.92 Å². The molecule has 3 aromatic rings. The Morgan fingerprint density at radius 3 is 2.84 bits per heavy atom. The largest absolute Gasteiger partial charge is 0.497 e. The number of aromatic nitrogens is 4. The molecule has 1 aliphatic heterocycles. The zero-order chi connectivity index (χ0) is 17.2. The summed E-state index contributed by atoms with van der Waals surface area (Å²) in [6.07, 6.45) is 2.68. The predicted molar refractivity (Wildman–Crippen MR) is 93.6 cm³/mol. The predicted octanol–water partition coefficient (Wildman–Crippen LogP) is 2.98. The van der Waals surface area contributed by atoms with Crippen LogP contribution < -0.4 is 9.64 Å². The summed E-state index contributed by atoms with van der Waals surface area (Å²) in [7, 11) is 1.67. The van der Waals surface area contributed by atoms with Gasteiger partial charge in [0.1, 0.15) is 11.6 Å². The minimum Gasteiger partial charge on any atom is -0.497 e. The Hall–Kier alpha value is -2.83. The van der Waals surface area contributed by atoms with Gasteiger partial charge in [0.25, 0.3) is 5.95 Å². The lowest BCUT2D eigenvalue weighted by molar-refractivity contribution is 0.376. The van der Waals surface area contributed by atoms with Gasteiger partial charge < -0.3 is 19.1 Å². The summed E-state index contributed by atoms with van der Waals surface area (Å²) >= 11 is 0. The Morgan fingerprint density at radius 1 is 1.24 bits per heavy atom. The second kappa shape index (κ2) is 6.58. The van der Waals surface area contributed by atoms with Crippen molar-refractivity contribution in [3.63, 3.8) is 0 Å². The summed E-state index contributed by atoms with van der Waals surface area (Å²) in [5, 5.41) is 4.11. The van der Waals surface area contributed by atoms with Crippen molar-refractivity contribution < 1.29 is 9.26 Å². The molecule has 3 heterocycles. The first-order valence-electron chi connectivity index (χ1n) is 8.56. The normalized spacial score (nSPS) is 13.8. The van der Waals surface area contributed by atoms with Crippen molar-refractivity contribution in [3.05, 3.63) is 41.5 Å². The molecule has 0 aliphatic carbocycles. The first-order valence-corrected chi connectivity index (χ1v) is 8.56. The highest BCUT2D eigenvalue weighted by Gasteiger charge is 2.23. The van der Waals surface area contributed by atoms with E-state index in [1.807, 2.05) is 24.3 Å². The average Bonchev–Trinajstić information content (AvgIpc) is 3.28. The standard InChI is InChI=1S/C18H21N5O2/c1-3-4-16-21-18(22-25-16)23-10-9-14-15(11-23)20-17(19-14)12-5-7-13(24-2)8-6-12/h5-8H,3-4,9-11H2,1-2H3,(H,19,20). The quantitative estimate of drug-likeness (QED) is 0.770. The van der Waals surface area contributed by atoms with Gasteiger partial charge in [-0.2, -0.15) is 4.98 Å². The summed E-state index contributed by atoms with van der Waals surface area (Å²) in [5.41, 5.74) is 3.27. The smallest absolute Gasteiger partial charge is 0.266 e. The van der Waals surface area contributed by atoms with Crippen LogP contribution in [0.4, 0.5) is 5.95 Å². The fraction of sp³-hybridized carbons (Fsp3) is 0.389. The minimum absolute atomic E-state index is 0.662. The number of anilines is 1. The molecule has 25 heavy (non-hydrogen) atoms. The number of ether oxygens (including phenoxy) is 1. The molecule has 4 rings (SSSR count). The molecule has 1 N–H and O–H groups in total. The number of nitrogens with zero attached hydrogens (tertiary/aromatic N) is 4. The van der Waals surface area contributed by atoms with Gasteiger partial charge in [-0.15, -0.1) is 0 Å². The number of nitrogens with one attached hydrogen (secondary N) is 1. The van der Waals surface area contributed by atoms with Gasteiger partial charge in [-0.25, -0.2) is 4.98 Å².